The number of benzene rings is 1. The molecule has 1 heterocycles. The van der Waals surface area contributed by atoms with E-state index in [1.807, 2.05) is 0 Å². The third-order valence-electron chi connectivity index (χ3n) is 2.52. The van der Waals surface area contributed by atoms with E-state index >= 15 is 0 Å². The molecule has 0 radical (unpaired) electrons. The first-order chi connectivity index (χ1) is 9.10. The highest BCUT2D eigenvalue weighted by Crippen LogP contribution is 2.12. The molecule has 0 aliphatic carbocycles. The summed E-state index contributed by atoms with van der Waals surface area (Å²) in [5.41, 5.74) is 0.143. The van der Waals surface area contributed by atoms with E-state index in [2.05, 4.69) is 15.2 Å². The van der Waals surface area contributed by atoms with Gasteiger partial charge in [-0.2, -0.15) is 5.10 Å². The molecule has 7 heteroatoms. The van der Waals surface area contributed by atoms with Gasteiger partial charge in [0.05, 0.1) is 13.5 Å². The number of ether oxygens (including phenoxy) is 1. The van der Waals surface area contributed by atoms with Crippen LogP contribution in [0.4, 0.5) is 0 Å². The van der Waals surface area contributed by atoms with Gasteiger partial charge in [0, 0.05) is 5.56 Å². The minimum absolute atomic E-state index is 0.0895. The van der Waals surface area contributed by atoms with Crippen LogP contribution in [-0.2, 0) is 6.42 Å². The molecule has 0 fully saturated rings. The monoisotopic (exact) mass is 277 g/mol. The highest BCUT2D eigenvalue weighted by molar-refractivity contribution is 7.71. The molecule has 1 aromatic carbocycles. The Morgan fingerprint density at radius 3 is 2.63 bits per heavy atom. The number of hydrogen-bond donors (Lipinski definition) is 2. The molecule has 0 atom stereocenters. The Balaban J connectivity index is 2.20. The Morgan fingerprint density at radius 1 is 1.37 bits per heavy atom. The number of rotatable bonds is 4. The van der Waals surface area contributed by atoms with Crippen LogP contribution in [-0.4, -0.2) is 28.1 Å². The van der Waals surface area contributed by atoms with Gasteiger partial charge in [-0.25, -0.2) is 0 Å². The lowest BCUT2D eigenvalue weighted by Crippen LogP contribution is -2.20. The summed E-state index contributed by atoms with van der Waals surface area (Å²) in [4.78, 5) is 25.9. The Kier molecular flexibility index (Phi) is 3.86. The summed E-state index contributed by atoms with van der Waals surface area (Å²) in [6, 6.07) is 6.65. The average molecular weight is 277 g/mol. The lowest BCUT2D eigenvalue weighted by atomic mass is 10.1. The van der Waals surface area contributed by atoms with Crippen LogP contribution in [0, 0.1) is 4.77 Å². The third-order valence-corrected chi connectivity index (χ3v) is 2.71. The number of nitrogens with one attached hydrogen (secondary N) is 2. The third kappa shape index (κ3) is 3.14. The predicted molar refractivity (Wildman–Crippen MR) is 71.1 cm³/mol. The van der Waals surface area contributed by atoms with Gasteiger partial charge in [0.2, 0.25) is 0 Å². The number of hydrogen-bond acceptors (Lipinski definition) is 5. The number of nitrogens with zero attached hydrogens (tertiary/aromatic N) is 1. The van der Waals surface area contributed by atoms with Crippen molar-refractivity contribution in [2.45, 2.75) is 6.42 Å². The second kappa shape index (κ2) is 5.57. The molecule has 0 amide bonds. The fraction of sp³-hybridized carbons (Fsp3) is 0.167. The molecule has 2 rings (SSSR count). The van der Waals surface area contributed by atoms with Crippen LogP contribution in [0.5, 0.6) is 5.75 Å². The van der Waals surface area contributed by atoms with Gasteiger partial charge in [0.15, 0.2) is 10.6 Å². The molecule has 2 N–H and O–H groups in total. The van der Waals surface area contributed by atoms with Gasteiger partial charge in [0.1, 0.15) is 11.4 Å². The molecule has 2 aromatic rings. The first kappa shape index (κ1) is 13.2. The minimum Gasteiger partial charge on any atom is -0.497 e. The molecule has 1 aromatic heterocycles. The maximum Gasteiger partial charge on any atom is 0.274 e. The molecular weight excluding hydrogens is 266 g/mol. The Labute approximate surface area is 113 Å². The van der Waals surface area contributed by atoms with Crippen LogP contribution in [0.2, 0.25) is 0 Å². The topological polar surface area (TPSA) is 87.8 Å². The van der Waals surface area contributed by atoms with Crippen LogP contribution < -0.4 is 10.3 Å². The normalized spacial score (nSPS) is 10.2. The number of H-pyrrole nitrogens is 2. The number of ketones is 1. The first-order valence-corrected chi connectivity index (χ1v) is 5.86. The Bertz CT molecular complexity index is 703. The zero-order chi connectivity index (χ0) is 13.8. The molecular formula is C12H11N3O3S. The van der Waals surface area contributed by atoms with Crippen molar-refractivity contribution in [2.75, 3.05) is 7.11 Å². The van der Waals surface area contributed by atoms with Crippen molar-refractivity contribution < 1.29 is 9.53 Å². The standard InChI is InChI=1S/C12H11N3O3S/c1-18-8-4-2-7(3-5-8)10(16)6-9-11(17)13-12(19)15-14-9/h2-5H,6H2,1H3,(H2,13,15,17,19). The number of aromatic amines is 2. The highest BCUT2D eigenvalue weighted by Gasteiger charge is 2.11. The van der Waals surface area contributed by atoms with E-state index in [4.69, 9.17) is 17.0 Å². The fourth-order valence-corrected chi connectivity index (χ4v) is 1.66. The van der Waals surface area contributed by atoms with Crippen molar-refractivity contribution in [3.05, 3.63) is 50.6 Å². The summed E-state index contributed by atoms with van der Waals surface area (Å²) in [5, 5.41) is 6.21. The van der Waals surface area contributed by atoms with Crippen LogP contribution in [0.3, 0.4) is 0 Å². The minimum atomic E-state index is -0.453. The van der Waals surface area contributed by atoms with Gasteiger partial charge >= 0.3 is 0 Å². The van der Waals surface area contributed by atoms with Gasteiger partial charge < -0.3 is 4.74 Å². The number of carbonyl (C=O) groups is 1. The molecule has 0 aliphatic rings. The van der Waals surface area contributed by atoms with Gasteiger partial charge in [0.25, 0.3) is 5.56 Å². The van der Waals surface area contributed by atoms with E-state index in [0.29, 0.717) is 11.3 Å². The molecule has 98 valence electrons. The van der Waals surface area contributed by atoms with Crippen molar-refractivity contribution in [3.8, 4) is 5.75 Å². The maximum atomic E-state index is 12.0. The second-order valence-electron chi connectivity index (χ2n) is 3.78. The lowest BCUT2D eigenvalue weighted by Gasteiger charge is -2.02. The first-order valence-electron chi connectivity index (χ1n) is 5.45. The summed E-state index contributed by atoms with van der Waals surface area (Å²) < 4.78 is 5.13. The predicted octanol–water partition coefficient (Wildman–Crippen LogP) is 1.26. The molecule has 0 unspecified atom stereocenters. The summed E-state index contributed by atoms with van der Waals surface area (Å²) >= 11 is 4.72. The summed E-state index contributed by atoms with van der Waals surface area (Å²) in [5.74, 6) is 0.461. The van der Waals surface area contributed by atoms with E-state index in [1.54, 1.807) is 31.4 Å². The van der Waals surface area contributed by atoms with Crippen molar-refractivity contribution in [2.24, 2.45) is 0 Å². The van der Waals surface area contributed by atoms with Crippen molar-refractivity contribution in [1.29, 1.82) is 0 Å². The van der Waals surface area contributed by atoms with E-state index < -0.39 is 5.56 Å². The van der Waals surface area contributed by atoms with Crippen molar-refractivity contribution >= 4 is 18.0 Å². The lowest BCUT2D eigenvalue weighted by molar-refractivity contribution is 0.0991. The zero-order valence-corrected chi connectivity index (χ0v) is 10.9. The number of Topliss-reactive ketones (excluding diaryl/α,β-unsaturated/α-hetero) is 1. The molecule has 6 nitrogen and oxygen atoms in total. The number of aromatic nitrogens is 3. The molecule has 0 saturated heterocycles. The summed E-state index contributed by atoms with van der Waals surface area (Å²) in [7, 11) is 1.55. The zero-order valence-electron chi connectivity index (χ0n) is 10.1. The SMILES string of the molecule is COc1ccc(C(=O)Cc2n[nH]c(=S)[nH]c2=O)cc1. The second-order valence-corrected chi connectivity index (χ2v) is 4.19. The fourth-order valence-electron chi connectivity index (χ4n) is 1.52. The van der Waals surface area contributed by atoms with Crippen molar-refractivity contribution in [1.82, 2.24) is 15.2 Å². The van der Waals surface area contributed by atoms with E-state index in [0.717, 1.165) is 0 Å². The van der Waals surface area contributed by atoms with E-state index in [-0.39, 0.29) is 22.7 Å². The molecule has 0 spiro atoms. The molecule has 19 heavy (non-hydrogen) atoms. The Hall–Kier alpha value is -2.28. The van der Waals surface area contributed by atoms with E-state index in [9.17, 15) is 9.59 Å². The van der Waals surface area contributed by atoms with Gasteiger partial charge in [-0.05, 0) is 36.5 Å². The van der Waals surface area contributed by atoms with E-state index in [1.165, 1.54) is 0 Å². The smallest absolute Gasteiger partial charge is 0.274 e. The van der Waals surface area contributed by atoms with Crippen LogP contribution >= 0.6 is 12.2 Å². The quantitative estimate of drug-likeness (QED) is 0.649. The Morgan fingerprint density at radius 2 is 2.05 bits per heavy atom. The van der Waals surface area contributed by atoms with Crippen LogP contribution in [0.25, 0.3) is 0 Å². The maximum absolute atomic E-state index is 12.0. The summed E-state index contributed by atoms with van der Waals surface area (Å²) in [6.07, 6.45) is -0.0895. The summed E-state index contributed by atoms with van der Waals surface area (Å²) in [6.45, 7) is 0. The van der Waals surface area contributed by atoms with Crippen LogP contribution in [0.1, 0.15) is 16.1 Å². The largest absolute Gasteiger partial charge is 0.497 e. The van der Waals surface area contributed by atoms with Gasteiger partial charge in [-0.1, -0.05) is 0 Å². The van der Waals surface area contributed by atoms with Crippen molar-refractivity contribution in [3.63, 3.8) is 0 Å². The molecule has 0 bridgehead atoms. The number of carbonyl (C=O) groups excluding carboxylic acids is 1. The highest BCUT2D eigenvalue weighted by atomic mass is 32.1. The number of methoxy groups -OCH3 is 1. The van der Waals surface area contributed by atoms with Crippen LogP contribution in [0.15, 0.2) is 29.1 Å². The molecule has 0 saturated carbocycles. The average Bonchev–Trinajstić information content (AvgIpc) is 2.42. The molecule has 0 aliphatic heterocycles. The van der Waals surface area contributed by atoms with Gasteiger partial charge in [-0.3, -0.25) is 19.7 Å². The van der Waals surface area contributed by atoms with Gasteiger partial charge in [-0.15, -0.1) is 0 Å².